The van der Waals surface area contributed by atoms with E-state index in [1.54, 1.807) is 13.0 Å². The molecular weight excluding hydrogens is 238 g/mol. The van der Waals surface area contributed by atoms with E-state index < -0.39 is 5.97 Å². The molecule has 0 saturated heterocycles. The van der Waals surface area contributed by atoms with Crippen LogP contribution >= 0.6 is 11.3 Å². The summed E-state index contributed by atoms with van der Waals surface area (Å²) in [6.07, 6.45) is 5.73. The molecule has 2 N–H and O–H groups in total. The molecule has 1 amide bonds. The van der Waals surface area contributed by atoms with Gasteiger partial charge < -0.3 is 10.4 Å². The minimum absolute atomic E-state index is 0.278. The van der Waals surface area contributed by atoms with Crippen LogP contribution < -0.4 is 5.32 Å². The molecular formula is C12H13NO3S. The van der Waals surface area contributed by atoms with Crippen LogP contribution in [0.15, 0.2) is 12.2 Å². The first-order chi connectivity index (χ1) is 8.13. The van der Waals surface area contributed by atoms with Gasteiger partial charge in [-0.3, -0.25) is 4.79 Å². The lowest BCUT2D eigenvalue weighted by Crippen LogP contribution is -2.10. The van der Waals surface area contributed by atoms with Gasteiger partial charge in [0.15, 0.2) is 0 Å². The first kappa shape index (κ1) is 11.9. The van der Waals surface area contributed by atoms with E-state index in [1.807, 2.05) is 0 Å². The lowest BCUT2D eigenvalue weighted by Gasteiger charge is -2.02. The Morgan fingerprint density at radius 3 is 2.82 bits per heavy atom. The Kier molecular flexibility index (Phi) is 3.28. The third-order valence-electron chi connectivity index (χ3n) is 2.69. The molecule has 1 aromatic heterocycles. The van der Waals surface area contributed by atoms with Crippen LogP contribution in [-0.2, 0) is 17.6 Å². The van der Waals surface area contributed by atoms with Gasteiger partial charge >= 0.3 is 5.97 Å². The van der Waals surface area contributed by atoms with Gasteiger partial charge in [-0.15, -0.1) is 11.3 Å². The number of rotatable bonds is 3. The quantitative estimate of drug-likeness (QED) is 0.811. The molecule has 1 heterocycles. The van der Waals surface area contributed by atoms with Crippen molar-refractivity contribution in [3.05, 3.63) is 28.2 Å². The van der Waals surface area contributed by atoms with E-state index in [-0.39, 0.29) is 11.5 Å². The zero-order valence-corrected chi connectivity index (χ0v) is 10.3. The summed E-state index contributed by atoms with van der Waals surface area (Å²) in [5, 5.41) is 12.3. The van der Waals surface area contributed by atoms with Crippen LogP contribution in [-0.4, -0.2) is 17.0 Å². The number of anilines is 1. The maximum atomic E-state index is 11.4. The monoisotopic (exact) mass is 251 g/mol. The number of carbonyl (C=O) groups excluding carboxylic acids is 1. The van der Waals surface area contributed by atoms with Crippen molar-refractivity contribution in [1.29, 1.82) is 0 Å². The molecule has 2 rings (SSSR count). The van der Waals surface area contributed by atoms with Crippen molar-refractivity contribution < 1.29 is 14.7 Å². The van der Waals surface area contributed by atoms with Crippen molar-refractivity contribution in [2.45, 2.75) is 26.2 Å². The maximum Gasteiger partial charge on any atom is 0.339 e. The predicted molar refractivity (Wildman–Crippen MR) is 66.7 cm³/mol. The number of fused-ring (bicyclic) bond motifs is 1. The molecule has 0 saturated carbocycles. The van der Waals surface area contributed by atoms with E-state index in [0.29, 0.717) is 5.00 Å². The summed E-state index contributed by atoms with van der Waals surface area (Å²) in [5.74, 6) is -1.24. The Bertz CT molecular complexity index is 502. The maximum absolute atomic E-state index is 11.4. The Morgan fingerprint density at radius 1 is 1.41 bits per heavy atom. The molecule has 4 nitrogen and oxygen atoms in total. The number of hydrogen-bond acceptors (Lipinski definition) is 3. The Balaban J connectivity index is 2.34. The molecule has 1 aliphatic carbocycles. The third kappa shape index (κ3) is 2.24. The van der Waals surface area contributed by atoms with Crippen LogP contribution in [0.2, 0.25) is 0 Å². The number of aromatic carboxylic acids is 1. The van der Waals surface area contributed by atoms with Crippen molar-refractivity contribution in [3.8, 4) is 0 Å². The van der Waals surface area contributed by atoms with Crippen LogP contribution in [0.4, 0.5) is 5.00 Å². The van der Waals surface area contributed by atoms with Crippen molar-refractivity contribution in [1.82, 2.24) is 0 Å². The van der Waals surface area contributed by atoms with E-state index in [4.69, 9.17) is 0 Å². The standard InChI is InChI=1S/C12H13NO3S/c1-2-4-9(14)13-11-10(12(15)16)7-5-3-6-8(7)17-11/h2,4H,3,5-6H2,1H3,(H,13,14)(H,15,16). The topological polar surface area (TPSA) is 66.4 Å². The van der Waals surface area contributed by atoms with Crippen LogP contribution in [0.1, 0.15) is 34.1 Å². The SMILES string of the molecule is CC=CC(=O)Nc1sc2c(c1C(=O)O)CCC2. The number of amides is 1. The molecule has 0 atom stereocenters. The van der Waals surface area contributed by atoms with Gasteiger partial charge in [-0.25, -0.2) is 4.79 Å². The summed E-state index contributed by atoms with van der Waals surface area (Å²) >= 11 is 1.38. The van der Waals surface area contributed by atoms with Gasteiger partial charge in [0.1, 0.15) is 5.00 Å². The molecule has 0 spiro atoms. The number of allylic oxidation sites excluding steroid dienone is 1. The summed E-state index contributed by atoms with van der Waals surface area (Å²) < 4.78 is 0. The van der Waals surface area contributed by atoms with Crippen LogP contribution in [0, 0.1) is 0 Å². The normalized spacial score (nSPS) is 13.9. The van der Waals surface area contributed by atoms with Gasteiger partial charge in [-0.1, -0.05) is 6.08 Å². The van der Waals surface area contributed by atoms with Crippen molar-refractivity contribution in [3.63, 3.8) is 0 Å². The molecule has 0 fully saturated rings. The second-order valence-electron chi connectivity index (χ2n) is 3.86. The van der Waals surface area contributed by atoms with E-state index in [2.05, 4.69) is 5.32 Å². The van der Waals surface area contributed by atoms with Crippen molar-refractivity contribution in [2.24, 2.45) is 0 Å². The smallest absolute Gasteiger partial charge is 0.339 e. The van der Waals surface area contributed by atoms with Crippen LogP contribution in [0.3, 0.4) is 0 Å². The lowest BCUT2D eigenvalue weighted by molar-refractivity contribution is -0.111. The Hall–Kier alpha value is -1.62. The minimum atomic E-state index is -0.958. The number of aryl methyl sites for hydroxylation is 1. The lowest BCUT2D eigenvalue weighted by atomic mass is 10.1. The molecule has 0 radical (unpaired) electrons. The number of carbonyl (C=O) groups is 2. The fraction of sp³-hybridized carbons (Fsp3) is 0.333. The van der Waals surface area contributed by atoms with E-state index in [9.17, 15) is 14.7 Å². The molecule has 0 aliphatic heterocycles. The fourth-order valence-electron chi connectivity index (χ4n) is 2.02. The summed E-state index contributed by atoms with van der Waals surface area (Å²) in [4.78, 5) is 23.7. The van der Waals surface area contributed by atoms with Crippen molar-refractivity contribution >= 4 is 28.2 Å². The van der Waals surface area contributed by atoms with Crippen LogP contribution in [0.5, 0.6) is 0 Å². The molecule has 1 aliphatic rings. The summed E-state index contributed by atoms with van der Waals surface area (Å²) in [7, 11) is 0. The predicted octanol–water partition coefficient (Wildman–Crippen LogP) is 2.45. The van der Waals surface area contributed by atoms with Gasteiger partial charge in [0.05, 0.1) is 5.56 Å². The molecule has 1 aromatic rings. The first-order valence-electron chi connectivity index (χ1n) is 5.45. The second kappa shape index (κ2) is 4.71. The average Bonchev–Trinajstić information content (AvgIpc) is 2.76. The van der Waals surface area contributed by atoms with Crippen LogP contribution in [0.25, 0.3) is 0 Å². The number of carboxylic acids is 1. The van der Waals surface area contributed by atoms with Gasteiger partial charge in [0, 0.05) is 4.88 Å². The van der Waals surface area contributed by atoms with Crippen molar-refractivity contribution in [2.75, 3.05) is 5.32 Å². The van der Waals surface area contributed by atoms with Gasteiger partial charge in [0.25, 0.3) is 0 Å². The highest BCUT2D eigenvalue weighted by Gasteiger charge is 2.26. The average molecular weight is 251 g/mol. The van der Waals surface area contributed by atoms with E-state index in [1.165, 1.54) is 17.4 Å². The molecule has 90 valence electrons. The first-order valence-corrected chi connectivity index (χ1v) is 6.26. The highest BCUT2D eigenvalue weighted by atomic mass is 32.1. The van der Waals surface area contributed by atoms with Gasteiger partial charge in [0.2, 0.25) is 5.91 Å². The number of hydrogen-bond donors (Lipinski definition) is 2. The number of nitrogens with one attached hydrogen (secondary N) is 1. The number of thiophene rings is 1. The zero-order chi connectivity index (χ0) is 12.4. The molecule has 0 bridgehead atoms. The minimum Gasteiger partial charge on any atom is -0.478 e. The Morgan fingerprint density at radius 2 is 2.18 bits per heavy atom. The van der Waals surface area contributed by atoms with Gasteiger partial charge in [-0.2, -0.15) is 0 Å². The largest absolute Gasteiger partial charge is 0.478 e. The fourth-order valence-corrected chi connectivity index (χ4v) is 3.31. The molecule has 0 aromatic carbocycles. The highest BCUT2D eigenvalue weighted by molar-refractivity contribution is 7.17. The summed E-state index contributed by atoms with van der Waals surface area (Å²) in [6, 6.07) is 0. The van der Waals surface area contributed by atoms with E-state index in [0.717, 1.165) is 29.7 Å². The summed E-state index contributed by atoms with van der Waals surface area (Å²) in [5.41, 5.74) is 1.18. The molecule has 0 unspecified atom stereocenters. The molecule has 5 heteroatoms. The van der Waals surface area contributed by atoms with Gasteiger partial charge in [-0.05, 0) is 37.8 Å². The second-order valence-corrected chi connectivity index (χ2v) is 4.96. The third-order valence-corrected chi connectivity index (χ3v) is 3.90. The highest BCUT2D eigenvalue weighted by Crippen LogP contribution is 2.38. The number of carboxylic acid groups (broad SMARTS) is 1. The molecule has 17 heavy (non-hydrogen) atoms. The Labute approximate surface area is 103 Å². The zero-order valence-electron chi connectivity index (χ0n) is 9.45. The van der Waals surface area contributed by atoms with E-state index >= 15 is 0 Å². The summed E-state index contributed by atoms with van der Waals surface area (Å²) in [6.45, 7) is 1.74.